The number of pyridine rings is 1. The van der Waals surface area contributed by atoms with E-state index in [9.17, 15) is 9.59 Å². The summed E-state index contributed by atoms with van der Waals surface area (Å²) in [5.74, 6) is -0.350. The van der Waals surface area contributed by atoms with Crippen LogP contribution in [0.3, 0.4) is 0 Å². The van der Waals surface area contributed by atoms with Gasteiger partial charge in [0.15, 0.2) is 0 Å². The van der Waals surface area contributed by atoms with E-state index in [1.165, 1.54) is 0 Å². The molecule has 0 spiro atoms. The highest BCUT2D eigenvalue weighted by Crippen LogP contribution is 2.12. The average molecular weight is 339 g/mol. The van der Waals surface area contributed by atoms with E-state index in [0.717, 1.165) is 11.1 Å². The highest BCUT2D eigenvalue weighted by atomic mass is 16.2. The number of hydrogen-bond acceptors (Lipinski definition) is 3. The van der Waals surface area contributed by atoms with Crippen LogP contribution in [0.5, 0.6) is 0 Å². The van der Waals surface area contributed by atoms with E-state index in [4.69, 9.17) is 0 Å². The van der Waals surface area contributed by atoms with Gasteiger partial charge in [-0.1, -0.05) is 38.1 Å². The molecule has 2 amide bonds. The molecule has 5 heteroatoms. The molecule has 5 nitrogen and oxygen atoms in total. The maximum Gasteiger partial charge on any atom is 0.252 e. The van der Waals surface area contributed by atoms with Gasteiger partial charge in [0.1, 0.15) is 6.04 Å². The van der Waals surface area contributed by atoms with Crippen molar-refractivity contribution in [2.75, 3.05) is 7.05 Å². The van der Waals surface area contributed by atoms with Gasteiger partial charge in [-0.15, -0.1) is 0 Å². The molecule has 2 aromatic rings. The maximum absolute atomic E-state index is 12.8. The lowest BCUT2D eigenvalue weighted by molar-refractivity contribution is -0.133. The van der Waals surface area contributed by atoms with Gasteiger partial charge in [-0.3, -0.25) is 14.6 Å². The van der Waals surface area contributed by atoms with Crippen molar-refractivity contribution in [3.05, 3.63) is 65.5 Å². The van der Waals surface area contributed by atoms with Gasteiger partial charge < -0.3 is 10.2 Å². The molecule has 1 atom stereocenters. The Bertz CT molecular complexity index is 729. The Morgan fingerprint density at radius 2 is 1.88 bits per heavy atom. The predicted octanol–water partition coefficient (Wildman–Crippen LogP) is 2.80. The second kappa shape index (κ2) is 8.42. The Kier molecular flexibility index (Phi) is 6.28. The minimum Gasteiger partial charge on any atom is -0.340 e. The van der Waals surface area contributed by atoms with Crippen LogP contribution in [0.25, 0.3) is 0 Å². The summed E-state index contributed by atoms with van der Waals surface area (Å²) in [5, 5.41) is 2.89. The van der Waals surface area contributed by atoms with Gasteiger partial charge >= 0.3 is 0 Å². The fourth-order valence-electron chi connectivity index (χ4n) is 2.64. The number of benzene rings is 1. The number of amides is 2. The van der Waals surface area contributed by atoms with Gasteiger partial charge in [-0.2, -0.15) is 0 Å². The number of carbonyl (C=O) groups excluding carboxylic acids is 2. The molecule has 25 heavy (non-hydrogen) atoms. The summed E-state index contributed by atoms with van der Waals surface area (Å²) in [7, 11) is 1.74. The molecule has 0 aliphatic carbocycles. The summed E-state index contributed by atoms with van der Waals surface area (Å²) in [5.41, 5.74) is 2.43. The van der Waals surface area contributed by atoms with Crippen LogP contribution >= 0.6 is 0 Å². The molecule has 1 aromatic heterocycles. The van der Waals surface area contributed by atoms with E-state index in [1.807, 2.05) is 51.1 Å². The van der Waals surface area contributed by atoms with E-state index in [2.05, 4.69) is 10.3 Å². The summed E-state index contributed by atoms with van der Waals surface area (Å²) >= 11 is 0. The molecule has 0 bridgehead atoms. The minimum atomic E-state index is -0.575. The van der Waals surface area contributed by atoms with Gasteiger partial charge in [-0.05, 0) is 36.1 Å². The Labute approximate surface area is 149 Å². The van der Waals surface area contributed by atoms with Crippen LogP contribution in [0.15, 0.2) is 48.8 Å². The van der Waals surface area contributed by atoms with Crippen LogP contribution in [0.1, 0.15) is 35.3 Å². The first-order chi connectivity index (χ1) is 11.9. The molecule has 0 radical (unpaired) electrons. The first-order valence-corrected chi connectivity index (χ1v) is 8.40. The van der Waals surface area contributed by atoms with Gasteiger partial charge in [0.05, 0.1) is 0 Å². The van der Waals surface area contributed by atoms with Gasteiger partial charge in [0.2, 0.25) is 5.91 Å². The van der Waals surface area contributed by atoms with Gasteiger partial charge in [-0.25, -0.2) is 0 Å². The van der Waals surface area contributed by atoms with E-state index in [0.29, 0.717) is 12.1 Å². The SMILES string of the molecule is Cc1ccccc1C(=O)NC(C(=O)N(C)Cc1cccnc1)C(C)C. The van der Waals surface area contributed by atoms with E-state index >= 15 is 0 Å². The molecular formula is C20H25N3O2. The number of nitrogens with one attached hydrogen (secondary N) is 1. The van der Waals surface area contributed by atoms with Crippen molar-refractivity contribution < 1.29 is 9.59 Å². The topological polar surface area (TPSA) is 62.3 Å². The van der Waals surface area contributed by atoms with Crippen molar-refractivity contribution in [1.82, 2.24) is 15.2 Å². The predicted molar refractivity (Wildman–Crippen MR) is 98.0 cm³/mol. The van der Waals surface area contributed by atoms with Crippen LogP contribution in [0.4, 0.5) is 0 Å². The van der Waals surface area contributed by atoms with Crippen molar-refractivity contribution >= 4 is 11.8 Å². The Morgan fingerprint density at radius 3 is 2.48 bits per heavy atom. The van der Waals surface area contributed by atoms with Crippen molar-refractivity contribution in [2.45, 2.75) is 33.4 Å². The van der Waals surface area contributed by atoms with Crippen molar-refractivity contribution in [1.29, 1.82) is 0 Å². The average Bonchev–Trinajstić information content (AvgIpc) is 2.59. The third kappa shape index (κ3) is 4.89. The molecule has 0 fully saturated rings. The first-order valence-electron chi connectivity index (χ1n) is 8.40. The maximum atomic E-state index is 12.8. The Morgan fingerprint density at radius 1 is 1.16 bits per heavy atom. The largest absolute Gasteiger partial charge is 0.340 e. The van der Waals surface area contributed by atoms with Crippen molar-refractivity contribution in [3.8, 4) is 0 Å². The zero-order valence-electron chi connectivity index (χ0n) is 15.2. The highest BCUT2D eigenvalue weighted by Gasteiger charge is 2.27. The zero-order chi connectivity index (χ0) is 18.4. The summed E-state index contributed by atoms with van der Waals surface area (Å²) in [6.45, 7) is 6.20. The summed E-state index contributed by atoms with van der Waals surface area (Å²) in [6.07, 6.45) is 3.44. The number of aryl methyl sites for hydroxylation is 1. The fourth-order valence-corrected chi connectivity index (χ4v) is 2.64. The minimum absolute atomic E-state index is 0.0168. The summed E-state index contributed by atoms with van der Waals surface area (Å²) in [6, 6.07) is 10.6. The third-order valence-corrected chi connectivity index (χ3v) is 4.13. The summed E-state index contributed by atoms with van der Waals surface area (Å²) in [4.78, 5) is 31.1. The molecule has 2 rings (SSSR count). The van der Waals surface area contributed by atoms with Gasteiger partial charge in [0, 0.05) is 31.5 Å². The lowest BCUT2D eigenvalue weighted by Gasteiger charge is -2.27. The molecule has 1 aromatic carbocycles. The smallest absolute Gasteiger partial charge is 0.252 e. The number of aromatic nitrogens is 1. The van der Waals surface area contributed by atoms with Crippen molar-refractivity contribution in [3.63, 3.8) is 0 Å². The molecule has 0 aliphatic heterocycles. The molecule has 1 unspecified atom stereocenters. The summed E-state index contributed by atoms with van der Waals surface area (Å²) < 4.78 is 0. The molecule has 132 valence electrons. The van der Waals surface area contributed by atoms with Crippen LogP contribution < -0.4 is 5.32 Å². The van der Waals surface area contributed by atoms with Crippen molar-refractivity contribution in [2.24, 2.45) is 5.92 Å². The monoisotopic (exact) mass is 339 g/mol. The molecule has 0 aliphatic rings. The zero-order valence-corrected chi connectivity index (χ0v) is 15.2. The van der Waals surface area contributed by atoms with Crippen LogP contribution in [-0.4, -0.2) is 34.8 Å². The van der Waals surface area contributed by atoms with Gasteiger partial charge in [0.25, 0.3) is 5.91 Å². The number of likely N-dealkylation sites (N-methyl/N-ethyl adjacent to an activating group) is 1. The van der Waals surface area contributed by atoms with E-state index in [1.54, 1.807) is 30.4 Å². The molecule has 0 saturated carbocycles. The Hall–Kier alpha value is -2.69. The molecule has 1 heterocycles. The Balaban J connectivity index is 2.10. The normalized spacial score (nSPS) is 11.9. The highest BCUT2D eigenvalue weighted by molar-refractivity contribution is 5.98. The third-order valence-electron chi connectivity index (χ3n) is 4.13. The van der Waals surface area contributed by atoms with E-state index in [-0.39, 0.29) is 17.7 Å². The molecule has 0 saturated heterocycles. The second-order valence-electron chi connectivity index (χ2n) is 6.57. The number of carbonyl (C=O) groups is 2. The van der Waals surface area contributed by atoms with Crippen LogP contribution in [0, 0.1) is 12.8 Å². The molecular weight excluding hydrogens is 314 g/mol. The van der Waals surface area contributed by atoms with Crippen LogP contribution in [0.2, 0.25) is 0 Å². The standard InChI is InChI=1S/C20H25N3O2/c1-14(2)18(22-19(24)17-10-6-5-8-15(17)3)20(25)23(4)13-16-9-7-11-21-12-16/h5-12,14,18H,13H2,1-4H3,(H,22,24). The van der Waals surface area contributed by atoms with Crippen LogP contribution in [-0.2, 0) is 11.3 Å². The molecule has 1 N–H and O–H groups in total. The van der Waals surface area contributed by atoms with E-state index < -0.39 is 6.04 Å². The lowest BCUT2D eigenvalue weighted by Crippen LogP contribution is -2.50. The lowest BCUT2D eigenvalue weighted by atomic mass is 10.0. The second-order valence-corrected chi connectivity index (χ2v) is 6.57. The quantitative estimate of drug-likeness (QED) is 0.880. The number of hydrogen-bond donors (Lipinski definition) is 1. The number of rotatable bonds is 6. The fraction of sp³-hybridized carbons (Fsp3) is 0.350. The first kappa shape index (κ1) is 18.6. The number of nitrogens with zero attached hydrogens (tertiary/aromatic N) is 2.